The number of alkyl halides is 3. The molecule has 0 aliphatic rings. The van der Waals surface area contributed by atoms with Gasteiger partial charge in [-0.05, 0) is 0 Å². The van der Waals surface area contributed by atoms with Gasteiger partial charge in [-0.15, -0.1) is 11.6 Å². The molecule has 1 heterocycles. The number of halogens is 4. The SMILES string of the molecule is O=C(O)c1ncc(C(F)F)c(CCl)c1F. The standard InChI is InChI=1S/C8H5ClF3NO2/c9-1-3-4(7(11)12)2-13-6(5(3)10)8(14)15/h2,7H,1H2,(H,14,15). The molecule has 0 atom stereocenters. The Hall–Kier alpha value is -1.30. The summed E-state index contributed by atoms with van der Waals surface area (Å²) in [5.74, 6) is -3.47. The average Bonchev–Trinajstić information content (AvgIpc) is 2.16. The van der Waals surface area contributed by atoms with Crippen molar-refractivity contribution < 1.29 is 23.1 Å². The molecule has 7 heteroatoms. The zero-order chi connectivity index (χ0) is 11.6. The lowest BCUT2D eigenvalue weighted by molar-refractivity contribution is 0.0683. The number of hydrogen-bond acceptors (Lipinski definition) is 2. The van der Waals surface area contributed by atoms with Gasteiger partial charge in [-0.2, -0.15) is 0 Å². The fourth-order valence-corrected chi connectivity index (χ4v) is 1.28. The van der Waals surface area contributed by atoms with Crippen molar-refractivity contribution in [2.24, 2.45) is 0 Å². The van der Waals surface area contributed by atoms with E-state index in [1.54, 1.807) is 0 Å². The largest absolute Gasteiger partial charge is 0.476 e. The minimum absolute atomic E-state index is 0.529. The summed E-state index contributed by atoms with van der Waals surface area (Å²) in [4.78, 5) is 13.5. The van der Waals surface area contributed by atoms with Crippen LogP contribution < -0.4 is 0 Å². The highest BCUT2D eigenvalue weighted by molar-refractivity contribution is 6.17. The number of carbonyl (C=O) groups is 1. The number of carboxylic acids is 1. The lowest BCUT2D eigenvalue weighted by atomic mass is 10.1. The molecule has 0 saturated heterocycles. The second-order valence-corrected chi connectivity index (χ2v) is 2.86. The molecule has 0 saturated carbocycles. The summed E-state index contributed by atoms with van der Waals surface area (Å²) in [5.41, 5.74) is -2.12. The molecule has 1 N–H and O–H groups in total. The highest BCUT2D eigenvalue weighted by atomic mass is 35.5. The van der Waals surface area contributed by atoms with Gasteiger partial charge in [-0.3, -0.25) is 0 Å². The van der Waals surface area contributed by atoms with Gasteiger partial charge >= 0.3 is 5.97 Å². The van der Waals surface area contributed by atoms with Crippen LogP contribution in [0, 0.1) is 5.82 Å². The molecule has 1 rings (SSSR count). The van der Waals surface area contributed by atoms with Crippen LogP contribution in [0.1, 0.15) is 28.0 Å². The van der Waals surface area contributed by atoms with E-state index in [2.05, 4.69) is 4.98 Å². The van der Waals surface area contributed by atoms with Crippen molar-refractivity contribution in [3.05, 3.63) is 28.8 Å². The van der Waals surface area contributed by atoms with Crippen LogP contribution in [-0.4, -0.2) is 16.1 Å². The third kappa shape index (κ3) is 2.20. The summed E-state index contributed by atoms with van der Waals surface area (Å²) in [6.45, 7) is 0. The van der Waals surface area contributed by atoms with E-state index < -0.39 is 40.9 Å². The van der Waals surface area contributed by atoms with Crippen LogP contribution in [0.25, 0.3) is 0 Å². The van der Waals surface area contributed by atoms with Gasteiger partial charge in [-0.1, -0.05) is 0 Å². The zero-order valence-electron chi connectivity index (χ0n) is 7.18. The molecular weight excluding hydrogens is 235 g/mol. The molecule has 3 nitrogen and oxygen atoms in total. The number of pyridine rings is 1. The normalized spacial score (nSPS) is 10.7. The van der Waals surface area contributed by atoms with E-state index in [1.807, 2.05) is 0 Å². The lowest BCUT2D eigenvalue weighted by Gasteiger charge is -2.08. The Balaban J connectivity index is 3.39. The van der Waals surface area contributed by atoms with E-state index in [0.29, 0.717) is 6.20 Å². The Morgan fingerprint density at radius 2 is 2.20 bits per heavy atom. The zero-order valence-corrected chi connectivity index (χ0v) is 7.93. The number of carboxylic acid groups (broad SMARTS) is 1. The van der Waals surface area contributed by atoms with Crippen LogP contribution in [0.2, 0.25) is 0 Å². The van der Waals surface area contributed by atoms with Gasteiger partial charge in [0.2, 0.25) is 0 Å². The van der Waals surface area contributed by atoms with Gasteiger partial charge in [0.25, 0.3) is 6.43 Å². The second-order valence-electron chi connectivity index (χ2n) is 2.59. The summed E-state index contributed by atoms with van der Waals surface area (Å²) in [6, 6.07) is 0. The van der Waals surface area contributed by atoms with Crippen LogP contribution in [-0.2, 0) is 5.88 Å². The molecule has 0 aromatic carbocycles. The highest BCUT2D eigenvalue weighted by Gasteiger charge is 2.22. The third-order valence-electron chi connectivity index (χ3n) is 1.73. The Labute approximate surface area is 87.5 Å². The van der Waals surface area contributed by atoms with E-state index in [1.165, 1.54) is 0 Å². The van der Waals surface area contributed by atoms with Gasteiger partial charge in [0.15, 0.2) is 11.5 Å². The quantitative estimate of drug-likeness (QED) is 0.825. The van der Waals surface area contributed by atoms with Crippen LogP contribution in [0.5, 0.6) is 0 Å². The van der Waals surface area contributed by atoms with Crippen LogP contribution in [0.3, 0.4) is 0 Å². The molecule has 0 radical (unpaired) electrons. The first-order valence-electron chi connectivity index (χ1n) is 3.73. The predicted molar refractivity (Wildman–Crippen MR) is 45.7 cm³/mol. The summed E-state index contributed by atoms with van der Waals surface area (Å²) in [6.07, 6.45) is -2.32. The molecule has 0 aliphatic heterocycles. The van der Waals surface area contributed by atoms with Crippen LogP contribution in [0.15, 0.2) is 6.20 Å². The van der Waals surface area contributed by atoms with Crippen molar-refractivity contribution in [3.8, 4) is 0 Å². The summed E-state index contributed by atoms with van der Waals surface area (Å²) in [5, 5.41) is 8.48. The van der Waals surface area contributed by atoms with Gasteiger partial charge in [0, 0.05) is 17.3 Å². The summed E-state index contributed by atoms with van der Waals surface area (Å²) in [7, 11) is 0. The maximum atomic E-state index is 13.3. The average molecular weight is 240 g/mol. The molecular formula is C8H5ClF3NO2. The van der Waals surface area contributed by atoms with E-state index in [0.717, 1.165) is 0 Å². The molecule has 0 bridgehead atoms. The molecule has 82 valence electrons. The number of rotatable bonds is 3. The fourth-order valence-electron chi connectivity index (χ4n) is 1.01. The number of nitrogens with zero attached hydrogens (tertiary/aromatic N) is 1. The number of aromatic nitrogens is 1. The van der Waals surface area contributed by atoms with Crippen molar-refractivity contribution in [3.63, 3.8) is 0 Å². The smallest absolute Gasteiger partial charge is 0.357 e. The molecule has 0 aliphatic carbocycles. The molecule has 0 unspecified atom stereocenters. The maximum Gasteiger partial charge on any atom is 0.357 e. The highest BCUT2D eigenvalue weighted by Crippen LogP contribution is 2.26. The Morgan fingerprint density at radius 3 is 2.60 bits per heavy atom. The van der Waals surface area contributed by atoms with Crippen molar-refractivity contribution in [2.75, 3.05) is 0 Å². The Kier molecular flexibility index (Phi) is 3.52. The first kappa shape index (κ1) is 11.8. The third-order valence-corrected chi connectivity index (χ3v) is 1.99. The minimum atomic E-state index is -2.94. The number of hydrogen-bond donors (Lipinski definition) is 1. The van der Waals surface area contributed by atoms with E-state index in [-0.39, 0.29) is 0 Å². The number of aromatic carboxylic acids is 1. The van der Waals surface area contributed by atoms with Gasteiger partial charge < -0.3 is 5.11 Å². The van der Waals surface area contributed by atoms with Crippen molar-refractivity contribution in [1.29, 1.82) is 0 Å². The van der Waals surface area contributed by atoms with Gasteiger partial charge in [0.05, 0.1) is 5.88 Å². The predicted octanol–water partition coefficient (Wildman–Crippen LogP) is 2.60. The van der Waals surface area contributed by atoms with Crippen molar-refractivity contribution in [1.82, 2.24) is 4.98 Å². The first-order chi connectivity index (χ1) is 6.99. The first-order valence-corrected chi connectivity index (χ1v) is 4.27. The summed E-state index contributed by atoms with van der Waals surface area (Å²) >= 11 is 5.26. The van der Waals surface area contributed by atoms with Crippen LogP contribution in [0.4, 0.5) is 13.2 Å². The molecule has 1 aromatic rings. The van der Waals surface area contributed by atoms with Crippen molar-refractivity contribution in [2.45, 2.75) is 12.3 Å². The molecule has 0 fully saturated rings. The van der Waals surface area contributed by atoms with E-state index >= 15 is 0 Å². The van der Waals surface area contributed by atoms with Crippen molar-refractivity contribution >= 4 is 17.6 Å². The second kappa shape index (κ2) is 4.48. The van der Waals surface area contributed by atoms with Gasteiger partial charge in [0.1, 0.15) is 0 Å². The molecule has 0 spiro atoms. The molecule has 15 heavy (non-hydrogen) atoms. The Bertz CT molecular complexity index is 398. The van der Waals surface area contributed by atoms with Gasteiger partial charge in [-0.25, -0.2) is 22.9 Å². The molecule has 1 aromatic heterocycles. The van der Waals surface area contributed by atoms with Crippen LogP contribution >= 0.6 is 11.6 Å². The van der Waals surface area contributed by atoms with E-state index in [9.17, 15) is 18.0 Å². The Morgan fingerprint density at radius 1 is 1.60 bits per heavy atom. The fraction of sp³-hybridized carbons (Fsp3) is 0.250. The maximum absolute atomic E-state index is 13.3. The minimum Gasteiger partial charge on any atom is -0.476 e. The molecule has 0 amide bonds. The monoisotopic (exact) mass is 239 g/mol. The topological polar surface area (TPSA) is 50.2 Å². The van der Waals surface area contributed by atoms with E-state index in [4.69, 9.17) is 16.7 Å². The summed E-state index contributed by atoms with van der Waals surface area (Å²) < 4.78 is 37.9. The lowest BCUT2D eigenvalue weighted by Crippen LogP contribution is -2.09.